The molecule has 0 saturated carbocycles. The molecule has 0 aliphatic carbocycles. The number of hydrogen-bond donors (Lipinski definition) is 0. The third kappa shape index (κ3) is 4.37. The summed E-state index contributed by atoms with van der Waals surface area (Å²) in [7, 11) is 5.63. The standard InChI is InChI=1S/C11H14BNO.C2H6/c12-11-3-1-10(2-4-11)9-13-5-7-14-8-6-13;1-2/h1-4H,5-9H2;1-2H3. The zero-order chi connectivity index (χ0) is 11.8. The summed E-state index contributed by atoms with van der Waals surface area (Å²) in [5.41, 5.74) is 2.15. The summed E-state index contributed by atoms with van der Waals surface area (Å²) in [6.45, 7) is 8.78. The van der Waals surface area contributed by atoms with E-state index < -0.39 is 0 Å². The summed E-state index contributed by atoms with van der Waals surface area (Å²) in [6, 6.07) is 8.08. The first kappa shape index (κ1) is 13.3. The fourth-order valence-electron chi connectivity index (χ4n) is 1.64. The number of rotatable bonds is 2. The Morgan fingerprint density at radius 1 is 1.12 bits per heavy atom. The van der Waals surface area contributed by atoms with Crippen LogP contribution in [0.1, 0.15) is 19.4 Å². The van der Waals surface area contributed by atoms with Crippen LogP contribution in [-0.4, -0.2) is 39.0 Å². The Hall–Kier alpha value is -0.795. The normalized spacial score (nSPS) is 16.4. The lowest BCUT2D eigenvalue weighted by atomic mass is 9.95. The van der Waals surface area contributed by atoms with Gasteiger partial charge in [-0.15, -0.1) is 0 Å². The molecule has 0 amide bonds. The Morgan fingerprint density at radius 3 is 2.25 bits per heavy atom. The highest BCUT2D eigenvalue weighted by Crippen LogP contribution is 2.05. The third-order valence-corrected chi connectivity index (χ3v) is 2.49. The van der Waals surface area contributed by atoms with E-state index in [1.807, 2.05) is 26.0 Å². The molecule has 3 heteroatoms. The smallest absolute Gasteiger partial charge is 0.113 e. The lowest BCUT2D eigenvalue weighted by Crippen LogP contribution is -2.35. The van der Waals surface area contributed by atoms with Crippen molar-refractivity contribution in [3.8, 4) is 0 Å². The number of benzene rings is 1. The van der Waals surface area contributed by atoms with Gasteiger partial charge in [-0.25, -0.2) is 0 Å². The second-order valence-corrected chi connectivity index (χ2v) is 3.63. The van der Waals surface area contributed by atoms with Gasteiger partial charge in [0.15, 0.2) is 0 Å². The molecule has 1 saturated heterocycles. The van der Waals surface area contributed by atoms with Crippen molar-refractivity contribution in [2.75, 3.05) is 26.3 Å². The van der Waals surface area contributed by atoms with Crippen molar-refractivity contribution in [1.29, 1.82) is 0 Å². The van der Waals surface area contributed by atoms with Crippen molar-refractivity contribution in [1.82, 2.24) is 4.90 Å². The quantitative estimate of drug-likeness (QED) is 0.693. The highest BCUT2D eigenvalue weighted by atomic mass is 16.5. The fraction of sp³-hybridized carbons (Fsp3) is 0.538. The van der Waals surface area contributed by atoms with E-state index in [4.69, 9.17) is 12.6 Å². The first-order valence-corrected chi connectivity index (χ1v) is 5.99. The molecular formula is C13H20BNO. The molecule has 2 nitrogen and oxygen atoms in total. The lowest BCUT2D eigenvalue weighted by molar-refractivity contribution is 0.0342. The molecule has 2 radical (unpaired) electrons. The maximum absolute atomic E-state index is 5.63. The van der Waals surface area contributed by atoms with E-state index in [0.717, 1.165) is 38.3 Å². The SMILES string of the molecule is CC.[B]c1ccc(CN2CCOCC2)cc1. The van der Waals surface area contributed by atoms with Gasteiger partial charge in [0.05, 0.1) is 13.2 Å². The zero-order valence-corrected chi connectivity index (χ0v) is 10.3. The van der Waals surface area contributed by atoms with Crippen molar-refractivity contribution in [3.05, 3.63) is 29.8 Å². The Kier molecular flexibility index (Phi) is 6.20. The number of morpholine rings is 1. The summed E-state index contributed by atoms with van der Waals surface area (Å²) in [6.07, 6.45) is 0. The van der Waals surface area contributed by atoms with Gasteiger partial charge >= 0.3 is 0 Å². The van der Waals surface area contributed by atoms with Gasteiger partial charge in [0.25, 0.3) is 0 Å². The highest BCUT2D eigenvalue weighted by Gasteiger charge is 2.09. The van der Waals surface area contributed by atoms with Gasteiger partial charge in [0.2, 0.25) is 0 Å². The summed E-state index contributed by atoms with van der Waals surface area (Å²) >= 11 is 0. The molecule has 0 spiro atoms. The Bertz CT molecular complexity index is 280. The minimum atomic E-state index is 0.829. The van der Waals surface area contributed by atoms with Gasteiger partial charge in [-0.05, 0) is 5.56 Å². The molecule has 1 aliphatic heterocycles. The molecule has 1 aromatic rings. The third-order valence-electron chi connectivity index (χ3n) is 2.49. The molecular weight excluding hydrogens is 197 g/mol. The fourth-order valence-corrected chi connectivity index (χ4v) is 1.64. The molecule has 1 aromatic carbocycles. The van der Waals surface area contributed by atoms with E-state index in [1.165, 1.54) is 5.56 Å². The van der Waals surface area contributed by atoms with E-state index in [0.29, 0.717) is 0 Å². The minimum absolute atomic E-state index is 0.829. The van der Waals surface area contributed by atoms with E-state index in [1.54, 1.807) is 0 Å². The Labute approximate surface area is 100 Å². The van der Waals surface area contributed by atoms with E-state index in [-0.39, 0.29) is 0 Å². The predicted molar refractivity (Wildman–Crippen MR) is 69.3 cm³/mol. The topological polar surface area (TPSA) is 12.5 Å². The average Bonchev–Trinajstić information content (AvgIpc) is 2.36. The van der Waals surface area contributed by atoms with Gasteiger partial charge < -0.3 is 4.74 Å². The summed E-state index contributed by atoms with van der Waals surface area (Å²) in [5.74, 6) is 0. The minimum Gasteiger partial charge on any atom is -0.379 e. The van der Waals surface area contributed by atoms with E-state index in [2.05, 4.69) is 17.0 Å². The molecule has 0 unspecified atom stereocenters. The molecule has 86 valence electrons. The number of hydrogen-bond acceptors (Lipinski definition) is 2. The molecule has 0 bridgehead atoms. The zero-order valence-electron chi connectivity index (χ0n) is 10.3. The molecule has 0 aromatic heterocycles. The van der Waals surface area contributed by atoms with Gasteiger partial charge in [-0.1, -0.05) is 43.6 Å². The van der Waals surface area contributed by atoms with Crippen LogP contribution in [-0.2, 0) is 11.3 Å². The molecule has 1 heterocycles. The van der Waals surface area contributed by atoms with Gasteiger partial charge in [0, 0.05) is 19.6 Å². The molecule has 2 rings (SSSR count). The number of nitrogens with zero attached hydrogens (tertiary/aromatic N) is 1. The Balaban J connectivity index is 0.000000606. The first-order chi connectivity index (χ1) is 7.84. The van der Waals surface area contributed by atoms with Crippen molar-refractivity contribution in [2.45, 2.75) is 20.4 Å². The van der Waals surface area contributed by atoms with Crippen LogP contribution >= 0.6 is 0 Å². The molecule has 1 fully saturated rings. The van der Waals surface area contributed by atoms with Gasteiger partial charge in [-0.3, -0.25) is 4.90 Å². The van der Waals surface area contributed by atoms with Crippen molar-refractivity contribution >= 4 is 13.3 Å². The lowest BCUT2D eigenvalue weighted by Gasteiger charge is -2.26. The predicted octanol–water partition coefficient (Wildman–Crippen LogP) is 1.34. The average molecular weight is 217 g/mol. The van der Waals surface area contributed by atoms with Crippen LogP contribution < -0.4 is 5.46 Å². The highest BCUT2D eigenvalue weighted by molar-refractivity contribution is 6.32. The largest absolute Gasteiger partial charge is 0.379 e. The van der Waals surface area contributed by atoms with Crippen molar-refractivity contribution in [3.63, 3.8) is 0 Å². The summed E-state index contributed by atoms with van der Waals surface area (Å²) in [5, 5.41) is 0. The summed E-state index contributed by atoms with van der Waals surface area (Å²) in [4.78, 5) is 2.40. The van der Waals surface area contributed by atoms with Crippen LogP contribution in [0.3, 0.4) is 0 Å². The maximum atomic E-state index is 5.63. The molecule has 0 atom stereocenters. The summed E-state index contributed by atoms with van der Waals surface area (Å²) < 4.78 is 5.29. The second kappa shape index (κ2) is 7.47. The van der Waals surface area contributed by atoms with Crippen LogP contribution in [0.2, 0.25) is 0 Å². The molecule has 16 heavy (non-hydrogen) atoms. The van der Waals surface area contributed by atoms with Gasteiger partial charge in [0.1, 0.15) is 7.85 Å². The van der Waals surface area contributed by atoms with E-state index in [9.17, 15) is 0 Å². The second-order valence-electron chi connectivity index (χ2n) is 3.63. The molecule has 1 aliphatic rings. The Morgan fingerprint density at radius 2 is 1.69 bits per heavy atom. The van der Waals surface area contributed by atoms with Crippen LogP contribution in [0, 0.1) is 0 Å². The maximum Gasteiger partial charge on any atom is 0.113 e. The van der Waals surface area contributed by atoms with E-state index >= 15 is 0 Å². The van der Waals surface area contributed by atoms with Crippen LogP contribution in [0.25, 0.3) is 0 Å². The van der Waals surface area contributed by atoms with Crippen molar-refractivity contribution < 1.29 is 4.74 Å². The first-order valence-electron chi connectivity index (χ1n) is 5.99. The number of ether oxygens (including phenoxy) is 1. The molecule has 0 N–H and O–H groups in total. The van der Waals surface area contributed by atoms with Crippen LogP contribution in [0.15, 0.2) is 24.3 Å². The van der Waals surface area contributed by atoms with Crippen LogP contribution in [0.4, 0.5) is 0 Å². The monoisotopic (exact) mass is 217 g/mol. The van der Waals surface area contributed by atoms with Crippen molar-refractivity contribution in [2.24, 2.45) is 0 Å². The van der Waals surface area contributed by atoms with Gasteiger partial charge in [-0.2, -0.15) is 0 Å². The van der Waals surface area contributed by atoms with Crippen LogP contribution in [0.5, 0.6) is 0 Å².